The average Bonchev–Trinajstić information content (AvgIpc) is 2.37. The quantitative estimate of drug-likeness (QED) is 0.853. The lowest BCUT2D eigenvalue weighted by Gasteiger charge is -2.14. The van der Waals surface area contributed by atoms with Crippen molar-refractivity contribution in [2.45, 2.75) is 26.4 Å². The van der Waals surface area contributed by atoms with Crippen molar-refractivity contribution in [1.82, 2.24) is 5.32 Å². The summed E-state index contributed by atoms with van der Waals surface area (Å²) in [5.74, 6) is 0. The van der Waals surface area contributed by atoms with Crippen molar-refractivity contribution >= 4 is 11.6 Å². The van der Waals surface area contributed by atoms with Crippen molar-refractivity contribution in [3.05, 3.63) is 70.2 Å². The Morgan fingerprint density at radius 2 is 1.83 bits per heavy atom. The Kier molecular flexibility index (Phi) is 4.40. The smallest absolute Gasteiger partial charge is 0.0406 e. The van der Waals surface area contributed by atoms with E-state index in [4.69, 9.17) is 11.6 Å². The summed E-state index contributed by atoms with van der Waals surface area (Å²) < 4.78 is 0. The zero-order valence-corrected chi connectivity index (χ0v) is 11.5. The van der Waals surface area contributed by atoms with E-state index in [1.165, 1.54) is 16.7 Å². The molecular weight excluding hydrogens is 242 g/mol. The van der Waals surface area contributed by atoms with E-state index in [0.717, 1.165) is 11.6 Å². The van der Waals surface area contributed by atoms with Crippen LogP contribution in [0.1, 0.15) is 29.7 Å². The number of hydrogen-bond acceptors (Lipinski definition) is 1. The van der Waals surface area contributed by atoms with Gasteiger partial charge in [-0.25, -0.2) is 0 Å². The highest BCUT2D eigenvalue weighted by Gasteiger charge is 2.04. The first kappa shape index (κ1) is 13.1. The van der Waals surface area contributed by atoms with Crippen LogP contribution in [0.2, 0.25) is 5.02 Å². The monoisotopic (exact) mass is 259 g/mol. The van der Waals surface area contributed by atoms with Gasteiger partial charge >= 0.3 is 0 Å². The van der Waals surface area contributed by atoms with E-state index in [9.17, 15) is 0 Å². The maximum atomic E-state index is 5.89. The van der Waals surface area contributed by atoms with E-state index >= 15 is 0 Å². The lowest BCUT2D eigenvalue weighted by atomic mass is 10.1. The Bertz CT molecular complexity index is 505. The summed E-state index contributed by atoms with van der Waals surface area (Å²) in [6.45, 7) is 5.16. The maximum absolute atomic E-state index is 5.89. The van der Waals surface area contributed by atoms with Gasteiger partial charge in [0, 0.05) is 17.6 Å². The second-order valence-electron chi connectivity index (χ2n) is 4.64. The van der Waals surface area contributed by atoms with Gasteiger partial charge in [-0.15, -0.1) is 0 Å². The largest absolute Gasteiger partial charge is 0.306 e. The molecule has 0 radical (unpaired) electrons. The summed E-state index contributed by atoms with van der Waals surface area (Å²) in [5, 5.41) is 4.30. The fourth-order valence-corrected chi connectivity index (χ4v) is 2.09. The second-order valence-corrected chi connectivity index (χ2v) is 5.08. The molecule has 0 bridgehead atoms. The molecule has 0 fully saturated rings. The topological polar surface area (TPSA) is 12.0 Å². The highest BCUT2D eigenvalue weighted by molar-refractivity contribution is 6.30. The number of rotatable bonds is 4. The molecule has 0 saturated heterocycles. The normalized spacial score (nSPS) is 12.4. The fourth-order valence-electron chi connectivity index (χ4n) is 1.96. The predicted octanol–water partition coefficient (Wildman–Crippen LogP) is 4.50. The molecule has 2 aromatic rings. The minimum atomic E-state index is 0.322. The SMILES string of the molecule is Cc1cccc(CNC(C)c2ccc(Cl)cc2)c1. The van der Waals surface area contributed by atoms with Gasteiger partial charge in [0.2, 0.25) is 0 Å². The van der Waals surface area contributed by atoms with Crippen molar-refractivity contribution in [3.8, 4) is 0 Å². The summed E-state index contributed by atoms with van der Waals surface area (Å²) in [6.07, 6.45) is 0. The maximum Gasteiger partial charge on any atom is 0.0406 e. The van der Waals surface area contributed by atoms with Crippen LogP contribution in [0.4, 0.5) is 0 Å². The van der Waals surface area contributed by atoms with Crippen LogP contribution in [0.15, 0.2) is 48.5 Å². The van der Waals surface area contributed by atoms with Crippen molar-refractivity contribution in [2.24, 2.45) is 0 Å². The van der Waals surface area contributed by atoms with Crippen molar-refractivity contribution in [2.75, 3.05) is 0 Å². The molecule has 2 heteroatoms. The van der Waals surface area contributed by atoms with Crippen molar-refractivity contribution in [3.63, 3.8) is 0 Å². The molecule has 0 spiro atoms. The van der Waals surface area contributed by atoms with Crippen LogP contribution in [-0.4, -0.2) is 0 Å². The van der Waals surface area contributed by atoms with Gasteiger partial charge < -0.3 is 5.32 Å². The zero-order chi connectivity index (χ0) is 13.0. The van der Waals surface area contributed by atoms with Crippen molar-refractivity contribution in [1.29, 1.82) is 0 Å². The molecule has 0 saturated carbocycles. The zero-order valence-electron chi connectivity index (χ0n) is 10.8. The number of hydrogen-bond donors (Lipinski definition) is 1. The lowest BCUT2D eigenvalue weighted by molar-refractivity contribution is 0.574. The van der Waals surface area contributed by atoms with E-state index in [-0.39, 0.29) is 0 Å². The van der Waals surface area contributed by atoms with Gasteiger partial charge in [0.05, 0.1) is 0 Å². The molecule has 1 N–H and O–H groups in total. The van der Waals surface area contributed by atoms with Gasteiger partial charge in [-0.3, -0.25) is 0 Å². The summed E-state index contributed by atoms with van der Waals surface area (Å²) in [7, 11) is 0. The molecule has 2 aromatic carbocycles. The third-order valence-corrected chi connectivity index (χ3v) is 3.32. The van der Waals surface area contributed by atoms with Gasteiger partial charge in [0.25, 0.3) is 0 Å². The van der Waals surface area contributed by atoms with E-state index < -0.39 is 0 Å². The fraction of sp³-hybridized carbons (Fsp3) is 0.250. The van der Waals surface area contributed by atoms with Crippen LogP contribution in [0.3, 0.4) is 0 Å². The molecule has 94 valence electrons. The van der Waals surface area contributed by atoms with Gasteiger partial charge in [-0.05, 0) is 37.1 Å². The minimum absolute atomic E-state index is 0.322. The van der Waals surface area contributed by atoms with E-state index in [0.29, 0.717) is 6.04 Å². The summed E-state index contributed by atoms with van der Waals surface area (Å²) in [6, 6.07) is 16.9. The van der Waals surface area contributed by atoms with Gasteiger partial charge in [0.1, 0.15) is 0 Å². The molecule has 1 atom stereocenters. The summed E-state index contributed by atoms with van der Waals surface area (Å²) >= 11 is 5.89. The van der Waals surface area contributed by atoms with E-state index in [1.54, 1.807) is 0 Å². The molecule has 0 aromatic heterocycles. The Labute approximate surface area is 114 Å². The highest BCUT2D eigenvalue weighted by atomic mass is 35.5. The third-order valence-electron chi connectivity index (χ3n) is 3.06. The molecule has 0 heterocycles. The first-order valence-corrected chi connectivity index (χ1v) is 6.57. The molecule has 1 unspecified atom stereocenters. The van der Waals surface area contributed by atoms with Crippen LogP contribution in [-0.2, 0) is 6.54 Å². The predicted molar refractivity (Wildman–Crippen MR) is 77.9 cm³/mol. The lowest BCUT2D eigenvalue weighted by Crippen LogP contribution is -2.18. The van der Waals surface area contributed by atoms with Crippen molar-refractivity contribution < 1.29 is 0 Å². The second kappa shape index (κ2) is 6.03. The first-order chi connectivity index (χ1) is 8.65. The van der Waals surface area contributed by atoms with Crippen LogP contribution in [0.5, 0.6) is 0 Å². The minimum Gasteiger partial charge on any atom is -0.306 e. The molecule has 0 amide bonds. The number of aryl methyl sites for hydroxylation is 1. The number of nitrogens with one attached hydrogen (secondary N) is 1. The van der Waals surface area contributed by atoms with Gasteiger partial charge in [0.15, 0.2) is 0 Å². The Hall–Kier alpha value is -1.31. The average molecular weight is 260 g/mol. The van der Waals surface area contributed by atoms with E-state index in [1.807, 2.05) is 12.1 Å². The molecule has 0 aliphatic carbocycles. The molecule has 0 aliphatic rings. The van der Waals surface area contributed by atoms with Crippen LogP contribution < -0.4 is 5.32 Å². The standard InChI is InChI=1S/C16H18ClN/c1-12-4-3-5-14(10-12)11-18-13(2)15-6-8-16(17)9-7-15/h3-10,13,18H,11H2,1-2H3. The Morgan fingerprint density at radius 3 is 2.50 bits per heavy atom. The molecule has 2 rings (SSSR count). The Morgan fingerprint density at radius 1 is 1.11 bits per heavy atom. The van der Waals surface area contributed by atoms with E-state index in [2.05, 4.69) is 55.6 Å². The Balaban J connectivity index is 1.96. The summed E-state index contributed by atoms with van der Waals surface area (Å²) in [4.78, 5) is 0. The first-order valence-electron chi connectivity index (χ1n) is 6.19. The van der Waals surface area contributed by atoms with Crippen LogP contribution in [0, 0.1) is 6.92 Å². The molecular formula is C16H18ClN. The number of benzene rings is 2. The van der Waals surface area contributed by atoms with Gasteiger partial charge in [-0.2, -0.15) is 0 Å². The summed E-state index contributed by atoms with van der Waals surface area (Å²) in [5.41, 5.74) is 3.87. The van der Waals surface area contributed by atoms with Gasteiger partial charge in [-0.1, -0.05) is 53.6 Å². The highest BCUT2D eigenvalue weighted by Crippen LogP contribution is 2.16. The van der Waals surface area contributed by atoms with Crippen LogP contribution >= 0.6 is 11.6 Å². The molecule has 1 nitrogen and oxygen atoms in total. The number of halogens is 1. The molecule has 18 heavy (non-hydrogen) atoms. The third kappa shape index (κ3) is 3.59. The van der Waals surface area contributed by atoms with Crippen LogP contribution in [0.25, 0.3) is 0 Å². The molecule has 0 aliphatic heterocycles.